The van der Waals surface area contributed by atoms with Crippen LogP contribution in [0.4, 0.5) is 0 Å². The van der Waals surface area contributed by atoms with Gasteiger partial charge in [0.05, 0.1) is 0 Å². The second-order valence-electron chi connectivity index (χ2n) is 4.55. The zero-order chi connectivity index (χ0) is 14.3. The SMILES string of the molecule is CCCC(=O)N(Cc1ccccc1)[C@@H](C)C(=O)NC. The highest BCUT2D eigenvalue weighted by atomic mass is 16.2. The summed E-state index contributed by atoms with van der Waals surface area (Å²) in [6, 6.07) is 9.27. The van der Waals surface area contributed by atoms with Crippen LogP contribution in [0.5, 0.6) is 0 Å². The van der Waals surface area contributed by atoms with Crippen LogP contribution in [0, 0.1) is 0 Å². The zero-order valence-corrected chi connectivity index (χ0v) is 11.8. The zero-order valence-electron chi connectivity index (χ0n) is 11.8. The van der Waals surface area contributed by atoms with Crippen molar-refractivity contribution in [1.29, 1.82) is 0 Å². The van der Waals surface area contributed by atoms with E-state index in [2.05, 4.69) is 5.32 Å². The number of carbonyl (C=O) groups excluding carboxylic acids is 2. The molecular formula is C15H22N2O2. The monoisotopic (exact) mass is 262 g/mol. The van der Waals surface area contributed by atoms with Gasteiger partial charge in [-0.25, -0.2) is 0 Å². The van der Waals surface area contributed by atoms with Crippen molar-refractivity contribution < 1.29 is 9.59 Å². The molecule has 0 unspecified atom stereocenters. The molecule has 0 aliphatic rings. The van der Waals surface area contributed by atoms with E-state index < -0.39 is 6.04 Å². The number of amides is 2. The first-order valence-corrected chi connectivity index (χ1v) is 6.65. The molecule has 4 nitrogen and oxygen atoms in total. The summed E-state index contributed by atoms with van der Waals surface area (Å²) in [5, 5.41) is 2.60. The van der Waals surface area contributed by atoms with E-state index in [1.54, 1.807) is 18.9 Å². The average Bonchev–Trinajstić information content (AvgIpc) is 2.44. The van der Waals surface area contributed by atoms with Gasteiger partial charge in [0.1, 0.15) is 6.04 Å². The van der Waals surface area contributed by atoms with Crippen molar-refractivity contribution >= 4 is 11.8 Å². The van der Waals surface area contributed by atoms with Gasteiger partial charge in [-0.3, -0.25) is 9.59 Å². The number of hydrogen-bond acceptors (Lipinski definition) is 2. The lowest BCUT2D eigenvalue weighted by Crippen LogP contribution is -2.46. The second kappa shape index (κ2) is 7.56. The van der Waals surface area contributed by atoms with Crippen LogP contribution in [0.1, 0.15) is 32.3 Å². The lowest BCUT2D eigenvalue weighted by molar-refractivity contribution is -0.140. The summed E-state index contributed by atoms with van der Waals surface area (Å²) in [7, 11) is 1.59. The molecule has 0 aliphatic heterocycles. The average molecular weight is 262 g/mol. The Hall–Kier alpha value is -1.84. The van der Waals surface area contributed by atoms with Gasteiger partial charge in [-0.2, -0.15) is 0 Å². The van der Waals surface area contributed by atoms with Crippen LogP contribution in [0.25, 0.3) is 0 Å². The minimum absolute atomic E-state index is 0.0162. The normalized spacial score (nSPS) is 11.7. The molecule has 4 heteroatoms. The molecule has 0 bridgehead atoms. The standard InChI is InChI=1S/C15H22N2O2/c1-4-8-14(18)17(12(2)15(19)16-3)11-13-9-6-5-7-10-13/h5-7,9-10,12H,4,8,11H2,1-3H3,(H,16,19)/t12-/m0/s1. The number of likely N-dealkylation sites (N-methyl/N-ethyl adjacent to an activating group) is 1. The first-order chi connectivity index (χ1) is 9.10. The third kappa shape index (κ3) is 4.39. The number of nitrogens with one attached hydrogen (secondary N) is 1. The highest BCUT2D eigenvalue weighted by Crippen LogP contribution is 2.11. The lowest BCUT2D eigenvalue weighted by Gasteiger charge is -2.28. The van der Waals surface area contributed by atoms with Crippen LogP contribution in [0.15, 0.2) is 30.3 Å². The van der Waals surface area contributed by atoms with E-state index in [1.807, 2.05) is 37.3 Å². The van der Waals surface area contributed by atoms with Gasteiger partial charge >= 0.3 is 0 Å². The van der Waals surface area contributed by atoms with Gasteiger partial charge in [-0.15, -0.1) is 0 Å². The van der Waals surface area contributed by atoms with Gasteiger partial charge in [-0.1, -0.05) is 37.3 Å². The van der Waals surface area contributed by atoms with Gasteiger partial charge in [0.2, 0.25) is 11.8 Å². The Balaban J connectivity index is 2.86. The Kier molecular flexibility index (Phi) is 6.06. The molecule has 104 valence electrons. The van der Waals surface area contributed by atoms with Gasteiger partial charge in [0.25, 0.3) is 0 Å². The molecule has 0 aliphatic carbocycles. The van der Waals surface area contributed by atoms with Crippen LogP contribution >= 0.6 is 0 Å². The fourth-order valence-corrected chi connectivity index (χ4v) is 1.93. The number of nitrogens with zero attached hydrogens (tertiary/aromatic N) is 1. The van der Waals surface area contributed by atoms with E-state index in [1.165, 1.54) is 0 Å². The molecule has 19 heavy (non-hydrogen) atoms. The first-order valence-electron chi connectivity index (χ1n) is 6.65. The smallest absolute Gasteiger partial charge is 0.242 e. The Labute approximate surface area is 114 Å². The third-order valence-corrected chi connectivity index (χ3v) is 3.07. The van der Waals surface area contributed by atoms with Crippen molar-refractivity contribution in [2.75, 3.05) is 7.05 Å². The fraction of sp³-hybridized carbons (Fsp3) is 0.467. The molecule has 1 atom stereocenters. The summed E-state index contributed by atoms with van der Waals surface area (Å²) in [5.41, 5.74) is 1.03. The summed E-state index contributed by atoms with van der Waals surface area (Å²) in [6.07, 6.45) is 1.25. The molecule has 1 aromatic carbocycles. The van der Waals surface area contributed by atoms with Crippen LogP contribution in [0.3, 0.4) is 0 Å². The van der Waals surface area contributed by atoms with Gasteiger partial charge in [-0.05, 0) is 18.9 Å². The van der Waals surface area contributed by atoms with Crippen LogP contribution in [0.2, 0.25) is 0 Å². The first kappa shape index (κ1) is 15.2. The highest BCUT2D eigenvalue weighted by molar-refractivity contribution is 5.87. The minimum Gasteiger partial charge on any atom is -0.357 e. The van der Waals surface area contributed by atoms with Crippen molar-refractivity contribution in [3.8, 4) is 0 Å². The summed E-state index contributed by atoms with van der Waals surface area (Å²) >= 11 is 0. The van der Waals surface area contributed by atoms with Crippen molar-refractivity contribution in [2.45, 2.75) is 39.3 Å². The summed E-state index contributed by atoms with van der Waals surface area (Å²) in [6.45, 7) is 4.19. The maximum atomic E-state index is 12.2. The van der Waals surface area contributed by atoms with Crippen LogP contribution in [-0.2, 0) is 16.1 Å². The molecule has 2 amide bonds. The topological polar surface area (TPSA) is 49.4 Å². The van der Waals surface area contributed by atoms with Gasteiger partial charge in [0.15, 0.2) is 0 Å². The predicted molar refractivity (Wildman–Crippen MR) is 75.4 cm³/mol. The molecule has 1 aromatic rings. The van der Waals surface area contributed by atoms with Crippen molar-refractivity contribution in [3.05, 3.63) is 35.9 Å². The summed E-state index contributed by atoms with van der Waals surface area (Å²) in [4.78, 5) is 25.5. The molecule has 0 saturated carbocycles. The molecule has 0 spiro atoms. The predicted octanol–water partition coefficient (Wildman–Crippen LogP) is 1.95. The van der Waals surface area contributed by atoms with E-state index in [0.717, 1.165) is 12.0 Å². The highest BCUT2D eigenvalue weighted by Gasteiger charge is 2.24. The Morgan fingerprint density at radius 2 is 1.89 bits per heavy atom. The van der Waals surface area contributed by atoms with Crippen molar-refractivity contribution in [3.63, 3.8) is 0 Å². The van der Waals surface area contributed by atoms with Crippen LogP contribution < -0.4 is 5.32 Å². The molecule has 1 N–H and O–H groups in total. The second-order valence-corrected chi connectivity index (χ2v) is 4.55. The van der Waals surface area contributed by atoms with Gasteiger partial charge < -0.3 is 10.2 Å². The van der Waals surface area contributed by atoms with Gasteiger partial charge in [0, 0.05) is 20.0 Å². The molecule has 0 fully saturated rings. The third-order valence-electron chi connectivity index (χ3n) is 3.07. The quantitative estimate of drug-likeness (QED) is 0.852. The molecule has 0 radical (unpaired) electrons. The molecule has 0 saturated heterocycles. The summed E-state index contributed by atoms with van der Waals surface area (Å²) < 4.78 is 0. The Morgan fingerprint density at radius 3 is 2.42 bits per heavy atom. The lowest BCUT2D eigenvalue weighted by atomic mass is 10.1. The fourth-order valence-electron chi connectivity index (χ4n) is 1.93. The number of hydrogen-bond donors (Lipinski definition) is 1. The number of rotatable bonds is 6. The molecule has 1 rings (SSSR count). The number of benzene rings is 1. The van der Waals surface area contributed by atoms with Crippen molar-refractivity contribution in [2.24, 2.45) is 0 Å². The van der Waals surface area contributed by atoms with E-state index in [4.69, 9.17) is 0 Å². The van der Waals surface area contributed by atoms with E-state index in [9.17, 15) is 9.59 Å². The van der Waals surface area contributed by atoms with E-state index in [-0.39, 0.29) is 11.8 Å². The molecule has 0 heterocycles. The minimum atomic E-state index is -0.454. The summed E-state index contributed by atoms with van der Waals surface area (Å²) in [5.74, 6) is -0.122. The largest absolute Gasteiger partial charge is 0.357 e. The Morgan fingerprint density at radius 1 is 1.26 bits per heavy atom. The van der Waals surface area contributed by atoms with E-state index >= 15 is 0 Å². The van der Waals surface area contributed by atoms with Crippen molar-refractivity contribution in [1.82, 2.24) is 10.2 Å². The molecule has 0 aromatic heterocycles. The van der Waals surface area contributed by atoms with Crippen LogP contribution in [-0.4, -0.2) is 29.8 Å². The Bertz CT molecular complexity index is 417. The maximum Gasteiger partial charge on any atom is 0.242 e. The van der Waals surface area contributed by atoms with E-state index in [0.29, 0.717) is 13.0 Å². The number of carbonyl (C=O) groups is 2. The molecular weight excluding hydrogens is 240 g/mol. The maximum absolute atomic E-state index is 12.2.